The fourth-order valence-corrected chi connectivity index (χ4v) is 2.91. The highest BCUT2D eigenvalue weighted by atomic mass is 16.1. The molecule has 2 heteroatoms. The number of rotatable bonds is 5. The van der Waals surface area contributed by atoms with Gasteiger partial charge in [-0.05, 0) is 18.9 Å². The summed E-state index contributed by atoms with van der Waals surface area (Å²) in [7, 11) is 0. The van der Waals surface area contributed by atoms with E-state index in [-0.39, 0.29) is 17.5 Å². The minimum absolute atomic E-state index is 0.0730. The molecule has 1 atom stereocenters. The molecule has 0 heterocycles. The molecule has 0 aromatic heterocycles. The molecule has 0 aliphatic heterocycles. The molecule has 0 radical (unpaired) electrons. The first-order chi connectivity index (χ1) is 9.48. The summed E-state index contributed by atoms with van der Waals surface area (Å²) in [5.41, 5.74) is 1.09. The van der Waals surface area contributed by atoms with Crippen LogP contribution in [-0.4, -0.2) is 11.6 Å². The van der Waals surface area contributed by atoms with Crippen LogP contribution in [0.5, 0.6) is 0 Å². The average molecular weight is 270 g/mol. The zero-order valence-corrected chi connectivity index (χ0v) is 12.5. The van der Waals surface area contributed by atoms with Gasteiger partial charge in [0, 0.05) is 11.0 Å². The third-order valence-electron chi connectivity index (χ3n) is 4.18. The van der Waals surface area contributed by atoms with Crippen molar-refractivity contribution >= 4 is 11.6 Å². The Bertz CT molecular complexity index is 538. The Kier molecular flexibility index (Phi) is 4.22. The molecule has 0 spiro atoms. The van der Waals surface area contributed by atoms with Crippen LogP contribution in [-0.2, 0) is 4.79 Å². The van der Waals surface area contributed by atoms with E-state index in [1.54, 1.807) is 6.08 Å². The Balaban J connectivity index is 2.33. The molecule has 1 aliphatic rings. The lowest BCUT2D eigenvalue weighted by Crippen LogP contribution is -2.33. The summed E-state index contributed by atoms with van der Waals surface area (Å²) in [6.07, 6.45) is 4.64. The number of allylic oxidation sites excluding steroid dienone is 2. The van der Waals surface area contributed by atoms with Gasteiger partial charge in [-0.3, -0.25) is 9.59 Å². The van der Waals surface area contributed by atoms with Crippen LogP contribution >= 0.6 is 0 Å². The van der Waals surface area contributed by atoms with Crippen LogP contribution in [0.1, 0.15) is 50.4 Å². The van der Waals surface area contributed by atoms with Crippen molar-refractivity contribution in [1.82, 2.24) is 0 Å². The summed E-state index contributed by atoms with van der Waals surface area (Å²) < 4.78 is 0. The van der Waals surface area contributed by atoms with Gasteiger partial charge in [0.05, 0.1) is 5.92 Å². The second-order valence-electron chi connectivity index (χ2n) is 6.07. The van der Waals surface area contributed by atoms with E-state index in [9.17, 15) is 9.59 Å². The predicted molar refractivity (Wildman–Crippen MR) is 80.7 cm³/mol. The topological polar surface area (TPSA) is 34.1 Å². The summed E-state index contributed by atoms with van der Waals surface area (Å²) in [6, 6.07) is 9.30. The summed E-state index contributed by atoms with van der Waals surface area (Å²) in [6.45, 7) is 5.89. The molecule has 1 unspecified atom stereocenters. The van der Waals surface area contributed by atoms with Gasteiger partial charge >= 0.3 is 0 Å². The standard InChI is InChI=1S/C18H22O2/c1-4-5-9-14-12-15(19)18(2,3)16(14)17(20)13-10-7-6-8-11-13/h6-8,10-12,16H,4-5,9H2,1-3H3. The van der Waals surface area contributed by atoms with Crippen molar-refractivity contribution in [2.24, 2.45) is 11.3 Å². The van der Waals surface area contributed by atoms with Crippen LogP contribution in [0, 0.1) is 11.3 Å². The van der Waals surface area contributed by atoms with Crippen LogP contribution < -0.4 is 0 Å². The first-order valence-corrected chi connectivity index (χ1v) is 7.32. The molecule has 0 fully saturated rings. The number of benzene rings is 1. The molecule has 0 bridgehead atoms. The van der Waals surface area contributed by atoms with Crippen molar-refractivity contribution in [1.29, 1.82) is 0 Å². The van der Waals surface area contributed by atoms with Gasteiger partial charge in [0.25, 0.3) is 0 Å². The van der Waals surface area contributed by atoms with Crippen molar-refractivity contribution in [3.05, 3.63) is 47.5 Å². The Morgan fingerprint density at radius 3 is 2.45 bits per heavy atom. The second kappa shape index (κ2) is 5.74. The molecule has 1 aliphatic carbocycles. The van der Waals surface area contributed by atoms with Crippen molar-refractivity contribution < 1.29 is 9.59 Å². The highest BCUT2D eigenvalue weighted by Crippen LogP contribution is 2.43. The smallest absolute Gasteiger partial charge is 0.170 e. The van der Waals surface area contributed by atoms with Gasteiger partial charge in [-0.15, -0.1) is 0 Å². The molecule has 0 N–H and O–H groups in total. The predicted octanol–water partition coefficient (Wildman–Crippen LogP) is 4.21. The summed E-state index contributed by atoms with van der Waals surface area (Å²) in [4.78, 5) is 25.0. The minimum Gasteiger partial charge on any atom is -0.294 e. The van der Waals surface area contributed by atoms with E-state index in [0.29, 0.717) is 5.56 Å². The fourth-order valence-electron chi connectivity index (χ4n) is 2.91. The van der Waals surface area contributed by atoms with E-state index >= 15 is 0 Å². The maximum absolute atomic E-state index is 12.8. The molecule has 1 aromatic rings. The SMILES string of the molecule is CCCCC1=CC(=O)C(C)(C)C1C(=O)c1ccccc1. The second-order valence-corrected chi connectivity index (χ2v) is 6.07. The van der Waals surface area contributed by atoms with Crippen LogP contribution in [0.3, 0.4) is 0 Å². The van der Waals surface area contributed by atoms with E-state index in [1.165, 1.54) is 0 Å². The number of hydrogen-bond acceptors (Lipinski definition) is 2. The normalized spacial score (nSPS) is 20.9. The summed E-state index contributed by atoms with van der Waals surface area (Å²) in [5.74, 6) is -0.148. The van der Waals surface area contributed by atoms with Crippen molar-refractivity contribution in [2.75, 3.05) is 0 Å². The van der Waals surface area contributed by atoms with E-state index < -0.39 is 5.41 Å². The number of Topliss-reactive ketones (excluding diaryl/α,β-unsaturated/α-hetero) is 1. The molecule has 1 aromatic carbocycles. The van der Waals surface area contributed by atoms with Gasteiger partial charge in [-0.2, -0.15) is 0 Å². The average Bonchev–Trinajstić information content (AvgIpc) is 2.67. The van der Waals surface area contributed by atoms with Gasteiger partial charge in [-0.1, -0.05) is 63.1 Å². The first kappa shape index (κ1) is 14.7. The van der Waals surface area contributed by atoms with Crippen LogP contribution in [0.4, 0.5) is 0 Å². The fraction of sp³-hybridized carbons (Fsp3) is 0.444. The first-order valence-electron chi connectivity index (χ1n) is 7.32. The van der Waals surface area contributed by atoms with Crippen molar-refractivity contribution in [3.8, 4) is 0 Å². The molecular formula is C18H22O2. The van der Waals surface area contributed by atoms with Gasteiger partial charge in [0.1, 0.15) is 0 Å². The maximum Gasteiger partial charge on any atom is 0.170 e. The van der Waals surface area contributed by atoms with Gasteiger partial charge in [-0.25, -0.2) is 0 Å². The van der Waals surface area contributed by atoms with Crippen molar-refractivity contribution in [3.63, 3.8) is 0 Å². The Hall–Kier alpha value is -1.70. The van der Waals surface area contributed by atoms with Gasteiger partial charge in [0.2, 0.25) is 0 Å². The minimum atomic E-state index is -0.615. The maximum atomic E-state index is 12.8. The zero-order chi connectivity index (χ0) is 14.8. The lowest BCUT2D eigenvalue weighted by molar-refractivity contribution is -0.122. The number of carbonyl (C=O) groups excluding carboxylic acids is 2. The Morgan fingerprint density at radius 1 is 1.20 bits per heavy atom. The third kappa shape index (κ3) is 2.60. The number of hydrogen-bond donors (Lipinski definition) is 0. The van der Waals surface area contributed by atoms with Gasteiger partial charge < -0.3 is 0 Å². The summed E-state index contributed by atoms with van der Waals surface area (Å²) >= 11 is 0. The van der Waals surface area contributed by atoms with E-state index in [2.05, 4.69) is 6.92 Å². The molecular weight excluding hydrogens is 248 g/mol. The zero-order valence-electron chi connectivity index (χ0n) is 12.5. The lowest BCUT2D eigenvalue weighted by atomic mass is 9.73. The van der Waals surface area contributed by atoms with Crippen LogP contribution in [0.15, 0.2) is 42.0 Å². The van der Waals surface area contributed by atoms with E-state index in [4.69, 9.17) is 0 Å². The largest absolute Gasteiger partial charge is 0.294 e. The highest BCUT2D eigenvalue weighted by Gasteiger charge is 2.46. The van der Waals surface area contributed by atoms with E-state index in [1.807, 2.05) is 44.2 Å². The quantitative estimate of drug-likeness (QED) is 0.751. The number of carbonyl (C=O) groups is 2. The molecule has 2 rings (SSSR count). The highest BCUT2D eigenvalue weighted by molar-refractivity contribution is 6.09. The van der Waals surface area contributed by atoms with Crippen LogP contribution in [0.2, 0.25) is 0 Å². The van der Waals surface area contributed by atoms with E-state index in [0.717, 1.165) is 24.8 Å². The monoisotopic (exact) mass is 270 g/mol. The number of ketones is 2. The molecule has 0 saturated heterocycles. The summed E-state index contributed by atoms with van der Waals surface area (Å²) in [5, 5.41) is 0. The van der Waals surface area contributed by atoms with Crippen molar-refractivity contribution in [2.45, 2.75) is 40.0 Å². The Labute approximate surface area is 120 Å². The molecule has 2 nitrogen and oxygen atoms in total. The number of unbranched alkanes of at least 4 members (excludes halogenated alkanes) is 1. The molecule has 20 heavy (non-hydrogen) atoms. The Morgan fingerprint density at radius 2 is 1.85 bits per heavy atom. The molecule has 106 valence electrons. The lowest BCUT2D eigenvalue weighted by Gasteiger charge is -2.27. The molecule has 0 saturated carbocycles. The van der Waals surface area contributed by atoms with Gasteiger partial charge in [0.15, 0.2) is 11.6 Å². The third-order valence-corrected chi connectivity index (χ3v) is 4.18. The van der Waals surface area contributed by atoms with Crippen LogP contribution in [0.25, 0.3) is 0 Å². The molecule has 0 amide bonds.